The van der Waals surface area contributed by atoms with Crippen LogP contribution in [0.1, 0.15) is 16.8 Å². The molecule has 7 heteroatoms. The Morgan fingerprint density at radius 2 is 2.14 bits per heavy atom. The molecule has 0 bridgehead atoms. The number of carbonyl (C=O) groups is 1. The van der Waals surface area contributed by atoms with E-state index >= 15 is 0 Å². The lowest BCUT2D eigenvalue weighted by Gasteiger charge is -2.22. The number of thiocarbonyl (C=S) groups is 1. The fourth-order valence-electron chi connectivity index (χ4n) is 1.97. The molecule has 0 spiro atoms. The molecule has 21 heavy (non-hydrogen) atoms. The van der Waals surface area contributed by atoms with Crippen molar-refractivity contribution in [3.63, 3.8) is 0 Å². The standard InChI is InChI=1S/C14H18N2O4S/c1-18-7-6-16(5-4-13(15)21)14(17)10-2-3-11-12(8-10)20-9-19-11/h2-3,8H,4-7,9H2,1H3,(H2,15,21). The molecule has 0 saturated heterocycles. The molecule has 114 valence electrons. The molecule has 0 aliphatic carbocycles. The van der Waals surface area contributed by atoms with E-state index in [-0.39, 0.29) is 12.7 Å². The molecule has 6 nitrogen and oxygen atoms in total. The molecule has 1 amide bonds. The summed E-state index contributed by atoms with van der Waals surface area (Å²) in [5.41, 5.74) is 6.05. The van der Waals surface area contributed by atoms with Gasteiger partial charge in [0.25, 0.3) is 5.91 Å². The van der Waals surface area contributed by atoms with Crippen LogP contribution in [0.4, 0.5) is 0 Å². The average molecular weight is 310 g/mol. The highest BCUT2D eigenvalue weighted by atomic mass is 32.1. The molecule has 0 radical (unpaired) electrons. The third kappa shape index (κ3) is 4.05. The zero-order chi connectivity index (χ0) is 15.2. The second kappa shape index (κ2) is 7.24. The average Bonchev–Trinajstić information content (AvgIpc) is 2.93. The lowest BCUT2D eigenvalue weighted by atomic mass is 10.1. The van der Waals surface area contributed by atoms with Crippen LogP contribution in [0, 0.1) is 0 Å². The minimum absolute atomic E-state index is 0.110. The Hall–Kier alpha value is -1.86. The second-order valence-corrected chi connectivity index (χ2v) is 5.09. The number of nitrogens with zero attached hydrogens (tertiary/aromatic N) is 1. The molecule has 0 aromatic heterocycles. The van der Waals surface area contributed by atoms with E-state index < -0.39 is 0 Å². The Labute approximate surface area is 128 Å². The van der Waals surface area contributed by atoms with Crippen LogP contribution >= 0.6 is 12.2 Å². The maximum absolute atomic E-state index is 12.6. The summed E-state index contributed by atoms with van der Waals surface area (Å²) in [4.78, 5) is 14.6. The van der Waals surface area contributed by atoms with Crippen molar-refractivity contribution in [2.75, 3.05) is 33.6 Å². The van der Waals surface area contributed by atoms with Gasteiger partial charge in [-0.1, -0.05) is 12.2 Å². The van der Waals surface area contributed by atoms with Crippen LogP contribution in [0.3, 0.4) is 0 Å². The van der Waals surface area contributed by atoms with Gasteiger partial charge in [0.05, 0.1) is 11.6 Å². The lowest BCUT2D eigenvalue weighted by Crippen LogP contribution is -2.36. The first-order valence-corrected chi connectivity index (χ1v) is 6.99. The smallest absolute Gasteiger partial charge is 0.254 e. The van der Waals surface area contributed by atoms with Crippen molar-refractivity contribution < 1.29 is 19.0 Å². The van der Waals surface area contributed by atoms with E-state index in [2.05, 4.69) is 0 Å². The molecule has 0 saturated carbocycles. The number of methoxy groups -OCH3 is 1. The minimum atomic E-state index is -0.110. The van der Waals surface area contributed by atoms with Gasteiger partial charge in [0.2, 0.25) is 6.79 Å². The van der Waals surface area contributed by atoms with Gasteiger partial charge in [0, 0.05) is 32.2 Å². The summed E-state index contributed by atoms with van der Waals surface area (Å²) >= 11 is 4.87. The van der Waals surface area contributed by atoms with Crippen LogP contribution in [-0.4, -0.2) is 49.4 Å². The van der Waals surface area contributed by atoms with Gasteiger partial charge in [-0.3, -0.25) is 4.79 Å². The van der Waals surface area contributed by atoms with E-state index in [1.807, 2.05) is 0 Å². The maximum atomic E-state index is 12.6. The van der Waals surface area contributed by atoms with E-state index in [9.17, 15) is 4.79 Å². The zero-order valence-corrected chi connectivity index (χ0v) is 12.6. The van der Waals surface area contributed by atoms with Crippen molar-refractivity contribution in [1.82, 2.24) is 4.90 Å². The van der Waals surface area contributed by atoms with Crippen LogP contribution < -0.4 is 15.2 Å². The number of benzene rings is 1. The van der Waals surface area contributed by atoms with E-state index in [1.165, 1.54) is 0 Å². The molecule has 1 aromatic rings. The Morgan fingerprint density at radius 1 is 1.38 bits per heavy atom. The number of hydrogen-bond donors (Lipinski definition) is 1. The molecule has 2 rings (SSSR count). The van der Waals surface area contributed by atoms with Gasteiger partial charge in [-0.25, -0.2) is 0 Å². The molecule has 0 atom stereocenters. The Bertz CT molecular complexity index is 536. The highest BCUT2D eigenvalue weighted by Crippen LogP contribution is 2.32. The maximum Gasteiger partial charge on any atom is 0.254 e. The molecule has 2 N–H and O–H groups in total. The molecule has 1 aliphatic rings. The third-order valence-electron chi connectivity index (χ3n) is 3.10. The minimum Gasteiger partial charge on any atom is -0.454 e. The van der Waals surface area contributed by atoms with Crippen LogP contribution in [0.2, 0.25) is 0 Å². The fraction of sp³-hybridized carbons (Fsp3) is 0.429. The Balaban J connectivity index is 2.10. The first kappa shape index (κ1) is 15.5. The summed E-state index contributed by atoms with van der Waals surface area (Å²) in [6.07, 6.45) is 0.481. The molecule has 1 heterocycles. The van der Waals surface area contributed by atoms with Crippen LogP contribution in [0.15, 0.2) is 18.2 Å². The van der Waals surface area contributed by atoms with Gasteiger partial charge in [0.1, 0.15) is 0 Å². The highest BCUT2D eigenvalue weighted by Gasteiger charge is 2.20. The molecule has 1 aliphatic heterocycles. The summed E-state index contributed by atoms with van der Waals surface area (Å²) in [5.74, 6) is 1.13. The van der Waals surface area contributed by atoms with Crippen LogP contribution in [0.25, 0.3) is 0 Å². The highest BCUT2D eigenvalue weighted by molar-refractivity contribution is 7.80. The van der Waals surface area contributed by atoms with Crippen molar-refractivity contribution in [3.8, 4) is 11.5 Å². The van der Waals surface area contributed by atoms with Gasteiger partial charge >= 0.3 is 0 Å². The Kier molecular flexibility index (Phi) is 5.35. The van der Waals surface area contributed by atoms with E-state index in [0.29, 0.717) is 48.2 Å². The largest absolute Gasteiger partial charge is 0.454 e. The van der Waals surface area contributed by atoms with E-state index in [1.54, 1.807) is 30.2 Å². The molecule has 0 unspecified atom stereocenters. The van der Waals surface area contributed by atoms with Crippen molar-refractivity contribution in [1.29, 1.82) is 0 Å². The quantitative estimate of drug-likeness (QED) is 0.762. The fourth-order valence-corrected chi connectivity index (χ4v) is 2.06. The summed E-state index contributed by atoms with van der Waals surface area (Å²) in [5, 5.41) is 0. The van der Waals surface area contributed by atoms with Crippen molar-refractivity contribution >= 4 is 23.1 Å². The first-order valence-electron chi connectivity index (χ1n) is 6.58. The van der Waals surface area contributed by atoms with Crippen molar-refractivity contribution in [2.24, 2.45) is 5.73 Å². The SMILES string of the molecule is COCCN(CCC(N)=S)C(=O)c1ccc2c(c1)OCO2. The number of fused-ring (bicyclic) bond motifs is 1. The molecule has 0 fully saturated rings. The van der Waals surface area contributed by atoms with Crippen LogP contribution in [-0.2, 0) is 4.74 Å². The van der Waals surface area contributed by atoms with E-state index in [0.717, 1.165) is 0 Å². The normalized spacial score (nSPS) is 12.2. The second-order valence-electron chi connectivity index (χ2n) is 4.57. The Morgan fingerprint density at radius 3 is 2.86 bits per heavy atom. The number of hydrogen-bond acceptors (Lipinski definition) is 5. The van der Waals surface area contributed by atoms with Gasteiger partial charge in [-0.15, -0.1) is 0 Å². The van der Waals surface area contributed by atoms with Crippen molar-refractivity contribution in [3.05, 3.63) is 23.8 Å². The van der Waals surface area contributed by atoms with Gasteiger partial charge < -0.3 is 24.8 Å². The summed E-state index contributed by atoms with van der Waals surface area (Å²) in [6.45, 7) is 1.58. The molecule has 1 aromatic carbocycles. The summed E-state index contributed by atoms with van der Waals surface area (Å²) < 4.78 is 15.6. The lowest BCUT2D eigenvalue weighted by molar-refractivity contribution is 0.0701. The third-order valence-corrected chi connectivity index (χ3v) is 3.30. The molecular formula is C14H18N2O4S. The molecular weight excluding hydrogens is 292 g/mol. The van der Waals surface area contributed by atoms with E-state index in [4.69, 9.17) is 32.2 Å². The monoisotopic (exact) mass is 310 g/mol. The predicted molar refractivity (Wildman–Crippen MR) is 81.7 cm³/mol. The van der Waals surface area contributed by atoms with Gasteiger partial charge in [-0.05, 0) is 18.2 Å². The first-order chi connectivity index (χ1) is 10.1. The van der Waals surface area contributed by atoms with Gasteiger partial charge in [-0.2, -0.15) is 0 Å². The number of ether oxygens (including phenoxy) is 3. The zero-order valence-electron chi connectivity index (χ0n) is 11.8. The predicted octanol–water partition coefficient (Wildman–Crippen LogP) is 1.18. The summed E-state index contributed by atoms with van der Waals surface area (Å²) in [7, 11) is 1.59. The number of carbonyl (C=O) groups excluding carboxylic acids is 1. The topological polar surface area (TPSA) is 74.0 Å². The number of nitrogens with two attached hydrogens (primary N) is 1. The summed E-state index contributed by atoms with van der Waals surface area (Å²) in [6, 6.07) is 5.14. The van der Waals surface area contributed by atoms with Gasteiger partial charge in [0.15, 0.2) is 11.5 Å². The number of rotatable bonds is 7. The number of amides is 1. The van der Waals surface area contributed by atoms with Crippen LogP contribution in [0.5, 0.6) is 11.5 Å². The van der Waals surface area contributed by atoms with Crippen molar-refractivity contribution in [2.45, 2.75) is 6.42 Å².